The topological polar surface area (TPSA) is 116 Å². The maximum atomic E-state index is 11.9. The zero-order valence-corrected chi connectivity index (χ0v) is 13.6. The molecule has 1 saturated heterocycles. The standard InChI is InChI=1S/C14H19N3O5S/c1-9(2)17-8-11(7-13(17)18)16-14(19)15-10-4-3-5-12(6-10)23(20,21)22/h3-6,9,11H,7-8H2,1-2H3,(H2,15,16,19)(H,20,21,22). The highest BCUT2D eigenvalue weighted by Crippen LogP contribution is 2.16. The normalized spacial score (nSPS) is 18.3. The van der Waals surface area contributed by atoms with Crippen molar-refractivity contribution in [2.24, 2.45) is 0 Å². The fourth-order valence-corrected chi connectivity index (χ4v) is 2.94. The largest absolute Gasteiger partial charge is 0.338 e. The molecule has 1 atom stereocenters. The first-order valence-electron chi connectivity index (χ1n) is 7.11. The quantitative estimate of drug-likeness (QED) is 0.708. The first-order valence-corrected chi connectivity index (χ1v) is 8.55. The summed E-state index contributed by atoms with van der Waals surface area (Å²) in [6.45, 7) is 4.25. The molecule has 0 bridgehead atoms. The number of nitrogens with zero attached hydrogens (tertiary/aromatic N) is 1. The molecule has 1 heterocycles. The van der Waals surface area contributed by atoms with Gasteiger partial charge < -0.3 is 15.5 Å². The number of hydrogen-bond acceptors (Lipinski definition) is 4. The van der Waals surface area contributed by atoms with E-state index < -0.39 is 16.1 Å². The Labute approximate surface area is 134 Å². The van der Waals surface area contributed by atoms with Gasteiger partial charge >= 0.3 is 6.03 Å². The number of benzene rings is 1. The third-order valence-corrected chi connectivity index (χ3v) is 4.36. The van der Waals surface area contributed by atoms with Crippen LogP contribution in [0.5, 0.6) is 0 Å². The number of urea groups is 1. The lowest BCUT2D eigenvalue weighted by molar-refractivity contribution is -0.129. The maximum Gasteiger partial charge on any atom is 0.319 e. The molecule has 1 aliphatic heterocycles. The van der Waals surface area contributed by atoms with Gasteiger partial charge in [0.25, 0.3) is 10.1 Å². The lowest BCUT2D eigenvalue weighted by Gasteiger charge is -2.21. The van der Waals surface area contributed by atoms with Crippen molar-refractivity contribution in [2.45, 2.75) is 37.2 Å². The Hall–Kier alpha value is -2.13. The van der Waals surface area contributed by atoms with Gasteiger partial charge in [0.2, 0.25) is 5.91 Å². The first-order chi connectivity index (χ1) is 10.7. The van der Waals surface area contributed by atoms with Crippen molar-refractivity contribution < 1.29 is 22.6 Å². The lowest BCUT2D eigenvalue weighted by Crippen LogP contribution is -2.40. The number of rotatable bonds is 4. The van der Waals surface area contributed by atoms with Crippen molar-refractivity contribution in [3.63, 3.8) is 0 Å². The van der Waals surface area contributed by atoms with Gasteiger partial charge in [-0.2, -0.15) is 8.42 Å². The van der Waals surface area contributed by atoms with Crippen LogP contribution in [0.15, 0.2) is 29.2 Å². The summed E-state index contributed by atoms with van der Waals surface area (Å²) in [6.07, 6.45) is 0.233. The van der Waals surface area contributed by atoms with Crippen LogP contribution in [0, 0.1) is 0 Å². The van der Waals surface area contributed by atoms with E-state index in [1.165, 1.54) is 18.2 Å². The maximum absolute atomic E-state index is 11.9. The van der Waals surface area contributed by atoms with E-state index in [0.717, 1.165) is 6.07 Å². The van der Waals surface area contributed by atoms with E-state index in [-0.39, 0.29) is 35.0 Å². The summed E-state index contributed by atoms with van der Waals surface area (Å²) in [5, 5.41) is 5.16. The Balaban J connectivity index is 1.97. The summed E-state index contributed by atoms with van der Waals surface area (Å²) in [5.74, 6) is -0.0151. The molecule has 1 fully saturated rings. The van der Waals surface area contributed by atoms with Crippen molar-refractivity contribution in [3.8, 4) is 0 Å². The highest BCUT2D eigenvalue weighted by atomic mass is 32.2. The molecular formula is C14H19N3O5S. The van der Waals surface area contributed by atoms with Gasteiger partial charge in [0, 0.05) is 24.7 Å². The summed E-state index contributed by atoms with van der Waals surface area (Å²) in [6, 6.07) is 4.50. The number of likely N-dealkylation sites (tertiary alicyclic amines) is 1. The fourth-order valence-electron chi connectivity index (χ4n) is 2.41. The Bertz CT molecular complexity index is 717. The monoisotopic (exact) mass is 341 g/mol. The predicted octanol–water partition coefficient (Wildman–Crippen LogP) is 1.06. The SMILES string of the molecule is CC(C)N1CC(NC(=O)Nc2cccc(S(=O)(=O)O)c2)CC1=O. The van der Waals surface area contributed by atoms with Crippen LogP contribution in [0.4, 0.5) is 10.5 Å². The second kappa shape index (κ2) is 6.55. The molecule has 1 unspecified atom stereocenters. The van der Waals surface area contributed by atoms with Gasteiger partial charge in [-0.05, 0) is 32.0 Å². The number of hydrogen-bond donors (Lipinski definition) is 3. The van der Waals surface area contributed by atoms with Crippen LogP contribution >= 0.6 is 0 Å². The van der Waals surface area contributed by atoms with E-state index in [1.807, 2.05) is 13.8 Å². The summed E-state index contributed by atoms with van der Waals surface area (Å²) in [4.78, 5) is 25.1. The predicted molar refractivity (Wildman–Crippen MR) is 83.7 cm³/mol. The summed E-state index contributed by atoms with van der Waals surface area (Å²) < 4.78 is 31.1. The summed E-state index contributed by atoms with van der Waals surface area (Å²) in [7, 11) is -4.33. The minimum absolute atomic E-state index is 0.0151. The van der Waals surface area contributed by atoms with Crippen molar-refractivity contribution >= 4 is 27.7 Å². The number of nitrogens with one attached hydrogen (secondary N) is 2. The van der Waals surface area contributed by atoms with Gasteiger partial charge in [0.1, 0.15) is 0 Å². The van der Waals surface area contributed by atoms with Crippen molar-refractivity contribution in [1.82, 2.24) is 10.2 Å². The molecular weight excluding hydrogens is 322 g/mol. The van der Waals surface area contributed by atoms with E-state index in [9.17, 15) is 18.0 Å². The third-order valence-electron chi connectivity index (χ3n) is 3.51. The Morgan fingerprint density at radius 1 is 1.39 bits per heavy atom. The first kappa shape index (κ1) is 17.2. The van der Waals surface area contributed by atoms with Crippen LogP contribution in [0.25, 0.3) is 0 Å². The minimum Gasteiger partial charge on any atom is -0.338 e. The summed E-state index contributed by atoms with van der Waals surface area (Å²) in [5.41, 5.74) is 0.225. The number of carbonyl (C=O) groups is 2. The van der Waals surface area contributed by atoms with Gasteiger partial charge in [-0.1, -0.05) is 6.07 Å². The van der Waals surface area contributed by atoms with Crippen LogP contribution in [0.1, 0.15) is 20.3 Å². The Kier molecular flexibility index (Phi) is 4.90. The van der Waals surface area contributed by atoms with E-state index in [2.05, 4.69) is 10.6 Å². The molecule has 2 rings (SSSR count). The fraction of sp³-hybridized carbons (Fsp3) is 0.429. The lowest BCUT2D eigenvalue weighted by atomic mass is 10.2. The molecule has 23 heavy (non-hydrogen) atoms. The average molecular weight is 341 g/mol. The molecule has 0 saturated carbocycles. The third kappa shape index (κ3) is 4.42. The second-order valence-corrected chi connectivity index (χ2v) is 7.06. The highest BCUT2D eigenvalue weighted by molar-refractivity contribution is 7.85. The minimum atomic E-state index is -4.33. The van der Waals surface area contributed by atoms with Gasteiger partial charge in [-0.15, -0.1) is 0 Å². The molecule has 0 aromatic heterocycles. The van der Waals surface area contributed by atoms with E-state index in [4.69, 9.17) is 4.55 Å². The van der Waals surface area contributed by atoms with E-state index in [1.54, 1.807) is 4.90 Å². The van der Waals surface area contributed by atoms with Gasteiger partial charge in [0.05, 0.1) is 10.9 Å². The molecule has 1 aromatic carbocycles. The van der Waals surface area contributed by atoms with E-state index in [0.29, 0.717) is 6.54 Å². The molecule has 1 aromatic rings. The van der Waals surface area contributed by atoms with Gasteiger partial charge in [0.15, 0.2) is 0 Å². The van der Waals surface area contributed by atoms with Crippen LogP contribution in [0.3, 0.4) is 0 Å². The molecule has 9 heteroatoms. The van der Waals surface area contributed by atoms with Crippen LogP contribution < -0.4 is 10.6 Å². The van der Waals surface area contributed by atoms with E-state index >= 15 is 0 Å². The second-order valence-electron chi connectivity index (χ2n) is 5.64. The van der Waals surface area contributed by atoms with Crippen LogP contribution in [0.2, 0.25) is 0 Å². The molecule has 8 nitrogen and oxygen atoms in total. The molecule has 3 N–H and O–H groups in total. The molecule has 1 aliphatic rings. The molecule has 0 aliphatic carbocycles. The number of anilines is 1. The molecule has 0 spiro atoms. The van der Waals surface area contributed by atoms with Gasteiger partial charge in [-0.25, -0.2) is 4.79 Å². The summed E-state index contributed by atoms with van der Waals surface area (Å²) >= 11 is 0. The highest BCUT2D eigenvalue weighted by Gasteiger charge is 2.31. The molecule has 126 valence electrons. The molecule has 3 amide bonds. The van der Waals surface area contributed by atoms with Crippen LogP contribution in [-0.2, 0) is 14.9 Å². The van der Waals surface area contributed by atoms with Gasteiger partial charge in [-0.3, -0.25) is 9.35 Å². The smallest absolute Gasteiger partial charge is 0.319 e. The van der Waals surface area contributed by atoms with Crippen molar-refractivity contribution in [2.75, 3.05) is 11.9 Å². The zero-order valence-electron chi connectivity index (χ0n) is 12.8. The average Bonchev–Trinajstić information content (AvgIpc) is 2.78. The van der Waals surface area contributed by atoms with Crippen LogP contribution in [-0.4, -0.2) is 48.4 Å². The Morgan fingerprint density at radius 3 is 2.65 bits per heavy atom. The number of amides is 3. The van der Waals surface area contributed by atoms with Crippen molar-refractivity contribution in [3.05, 3.63) is 24.3 Å². The Morgan fingerprint density at radius 2 is 2.09 bits per heavy atom. The van der Waals surface area contributed by atoms with Crippen molar-refractivity contribution in [1.29, 1.82) is 0 Å². The number of carbonyl (C=O) groups excluding carboxylic acids is 2. The zero-order chi connectivity index (χ0) is 17.2. The molecule has 0 radical (unpaired) electrons.